The molecule has 6 heteroatoms. The summed E-state index contributed by atoms with van der Waals surface area (Å²) in [4.78, 5) is 7.47. The molecule has 24 heavy (non-hydrogen) atoms. The predicted octanol–water partition coefficient (Wildman–Crippen LogP) is 3.53. The number of aromatic nitrogens is 1. The van der Waals surface area contributed by atoms with Crippen LogP contribution in [0.2, 0.25) is 0 Å². The fourth-order valence-corrected chi connectivity index (χ4v) is 3.46. The van der Waals surface area contributed by atoms with Crippen LogP contribution in [0.3, 0.4) is 0 Å². The fraction of sp³-hybridized carbons (Fsp3) is 0.556. The number of methoxy groups -OCH3 is 1. The highest BCUT2D eigenvalue weighted by atomic mass is 32.1. The van der Waals surface area contributed by atoms with Gasteiger partial charge in [0.2, 0.25) is 0 Å². The minimum atomic E-state index is 0.513. The number of oxazole rings is 1. The first-order chi connectivity index (χ1) is 11.8. The SMILES string of the molecule is COCCN(CC(=S)NC1CCCCC1)c1nc2ccccc2o1. The lowest BCUT2D eigenvalue weighted by atomic mass is 9.95. The van der Waals surface area contributed by atoms with Gasteiger partial charge >= 0.3 is 0 Å². The van der Waals surface area contributed by atoms with Gasteiger partial charge in [-0.25, -0.2) is 0 Å². The van der Waals surface area contributed by atoms with Crippen molar-refractivity contribution in [2.75, 3.05) is 31.7 Å². The molecule has 0 atom stereocenters. The molecule has 1 heterocycles. The molecule has 1 aliphatic rings. The van der Waals surface area contributed by atoms with E-state index >= 15 is 0 Å². The largest absolute Gasteiger partial charge is 0.423 e. The van der Waals surface area contributed by atoms with Crippen LogP contribution in [0.1, 0.15) is 32.1 Å². The second-order valence-corrected chi connectivity index (χ2v) is 6.77. The summed E-state index contributed by atoms with van der Waals surface area (Å²) in [6.07, 6.45) is 6.34. The third-order valence-electron chi connectivity index (χ3n) is 4.42. The molecule has 0 saturated heterocycles. The van der Waals surface area contributed by atoms with E-state index < -0.39 is 0 Å². The van der Waals surface area contributed by atoms with Crippen molar-refractivity contribution in [3.8, 4) is 0 Å². The number of hydrogen-bond acceptors (Lipinski definition) is 5. The summed E-state index contributed by atoms with van der Waals surface area (Å²) in [5, 5.41) is 3.51. The zero-order valence-electron chi connectivity index (χ0n) is 14.2. The van der Waals surface area contributed by atoms with Gasteiger partial charge in [-0.2, -0.15) is 4.98 Å². The Balaban J connectivity index is 1.67. The van der Waals surface area contributed by atoms with Crippen LogP contribution in [0.25, 0.3) is 11.1 Å². The van der Waals surface area contributed by atoms with E-state index in [2.05, 4.69) is 10.3 Å². The van der Waals surface area contributed by atoms with Gasteiger partial charge in [-0.15, -0.1) is 0 Å². The Morgan fingerprint density at radius 2 is 2.12 bits per heavy atom. The molecule has 3 rings (SSSR count). The molecule has 1 N–H and O–H groups in total. The summed E-state index contributed by atoms with van der Waals surface area (Å²) < 4.78 is 11.1. The Labute approximate surface area is 148 Å². The third-order valence-corrected chi connectivity index (χ3v) is 4.67. The molecule has 0 unspecified atom stereocenters. The number of ether oxygens (including phenoxy) is 1. The van der Waals surface area contributed by atoms with Crippen molar-refractivity contribution in [1.29, 1.82) is 0 Å². The first-order valence-electron chi connectivity index (χ1n) is 8.65. The van der Waals surface area contributed by atoms with E-state index in [1.807, 2.05) is 29.2 Å². The molecule has 1 aromatic carbocycles. The first-order valence-corrected chi connectivity index (χ1v) is 9.06. The molecule has 130 valence electrons. The highest BCUT2D eigenvalue weighted by Crippen LogP contribution is 2.22. The number of anilines is 1. The zero-order valence-corrected chi connectivity index (χ0v) is 15.0. The van der Waals surface area contributed by atoms with E-state index in [0.717, 1.165) is 16.1 Å². The highest BCUT2D eigenvalue weighted by Gasteiger charge is 2.18. The Kier molecular flexibility index (Phi) is 6.04. The van der Waals surface area contributed by atoms with Crippen molar-refractivity contribution in [2.24, 2.45) is 0 Å². The van der Waals surface area contributed by atoms with Gasteiger partial charge in [-0.1, -0.05) is 43.6 Å². The lowest BCUT2D eigenvalue weighted by Gasteiger charge is -2.27. The predicted molar refractivity (Wildman–Crippen MR) is 101 cm³/mol. The monoisotopic (exact) mass is 347 g/mol. The van der Waals surface area contributed by atoms with Gasteiger partial charge < -0.3 is 19.4 Å². The van der Waals surface area contributed by atoms with Crippen LogP contribution >= 0.6 is 12.2 Å². The first kappa shape index (κ1) is 17.2. The van der Waals surface area contributed by atoms with Crippen molar-refractivity contribution >= 4 is 34.3 Å². The van der Waals surface area contributed by atoms with Crippen LogP contribution in [0, 0.1) is 0 Å². The Morgan fingerprint density at radius 1 is 1.33 bits per heavy atom. The molecule has 2 aromatic rings. The third kappa shape index (κ3) is 4.45. The maximum Gasteiger partial charge on any atom is 0.298 e. The van der Waals surface area contributed by atoms with Crippen LogP contribution in [0.4, 0.5) is 6.01 Å². The van der Waals surface area contributed by atoms with E-state index in [9.17, 15) is 0 Å². The number of nitrogens with one attached hydrogen (secondary N) is 1. The molecule has 0 amide bonds. The quantitative estimate of drug-likeness (QED) is 0.773. The van der Waals surface area contributed by atoms with E-state index in [1.54, 1.807) is 7.11 Å². The molecule has 0 radical (unpaired) electrons. The van der Waals surface area contributed by atoms with Crippen LogP contribution in [0.15, 0.2) is 28.7 Å². The summed E-state index contributed by atoms with van der Waals surface area (Å²) in [5.74, 6) is 0. The second-order valence-electron chi connectivity index (χ2n) is 6.28. The number of thiocarbonyl (C=S) groups is 1. The average molecular weight is 347 g/mol. The van der Waals surface area contributed by atoms with Gasteiger partial charge in [0, 0.05) is 19.7 Å². The molecule has 0 bridgehead atoms. The standard InChI is InChI=1S/C18H25N3O2S/c1-22-12-11-21(13-17(24)19-14-7-3-2-4-8-14)18-20-15-9-5-6-10-16(15)23-18/h5-6,9-10,14H,2-4,7-8,11-13H2,1H3,(H,19,24). The lowest BCUT2D eigenvalue weighted by Crippen LogP contribution is -2.42. The van der Waals surface area contributed by atoms with Crippen molar-refractivity contribution in [1.82, 2.24) is 10.3 Å². The normalized spacial score (nSPS) is 15.5. The minimum Gasteiger partial charge on any atom is -0.423 e. The van der Waals surface area contributed by atoms with Crippen molar-refractivity contribution in [3.63, 3.8) is 0 Å². The van der Waals surface area contributed by atoms with E-state index in [4.69, 9.17) is 21.4 Å². The summed E-state index contributed by atoms with van der Waals surface area (Å²) in [6.45, 7) is 1.89. The van der Waals surface area contributed by atoms with Crippen LogP contribution in [-0.4, -0.2) is 42.8 Å². The smallest absolute Gasteiger partial charge is 0.298 e. The van der Waals surface area contributed by atoms with E-state index in [-0.39, 0.29) is 0 Å². The van der Waals surface area contributed by atoms with Crippen LogP contribution in [0.5, 0.6) is 0 Å². The molecule has 0 spiro atoms. The summed E-state index contributed by atoms with van der Waals surface area (Å²) in [7, 11) is 1.70. The Morgan fingerprint density at radius 3 is 2.88 bits per heavy atom. The van der Waals surface area contributed by atoms with Crippen LogP contribution in [-0.2, 0) is 4.74 Å². The van der Waals surface area contributed by atoms with Gasteiger partial charge in [0.25, 0.3) is 6.01 Å². The number of para-hydroxylation sites is 2. The minimum absolute atomic E-state index is 0.513. The molecule has 1 aliphatic carbocycles. The molecule has 5 nitrogen and oxygen atoms in total. The van der Waals surface area contributed by atoms with Crippen molar-refractivity contribution in [2.45, 2.75) is 38.1 Å². The highest BCUT2D eigenvalue weighted by molar-refractivity contribution is 7.80. The van der Waals surface area contributed by atoms with Gasteiger partial charge in [0.05, 0.1) is 18.1 Å². The Hall–Kier alpha value is -1.66. The van der Waals surface area contributed by atoms with Crippen molar-refractivity contribution < 1.29 is 9.15 Å². The number of benzene rings is 1. The molecule has 1 fully saturated rings. The van der Waals surface area contributed by atoms with Gasteiger partial charge in [0.1, 0.15) is 5.52 Å². The fourth-order valence-electron chi connectivity index (χ4n) is 3.13. The molecule has 0 aliphatic heterocycles. The molecule has 1 saturated carbocycles. The molecular formula is C18H25N3O2S. The average Bonchev–Trinajstić information content (AvgIpc) is 3.03. The van der Waals surface area contributed by atoms with Crippen LogP contribution < -0.4 is 10.2 Å². The summed E-state index contributed by atoms with van der Waals surface area (Å²) in [6, 6.07) is 8.91. The lowest BCUT2D eigenvalue weighted by molar-refractivity contribution is 0.205. The van der Waals surface area contributed by atoms with Gasteiger partial charge in [0.15, 0.2) is 5.58 Å². The second kappa shape index (κ2) is 8.44. The maximum atomic E-state index is 5.89. The van der Waals surface area contributed by atoms with Gasteiger partial charge in [-0.05, 0) is 25.0 Å². The Bertz CT molecular complexity index is 634. The van der Waals surface area contributed by atoms with E-state index in [1.165, 1.54) is 32.1 Å². The molecular weight excluding hydrogens is 322 g/mol. The zero-order chi connectivity index (χ0) is 16.8. The number of rotatable bonds is 7. The van der Waals surface area contributed by atoms with Gasteiger partial charge in [-0.3, -0.25) is 0 Å². The number of hydrogen-bond donors (Lipinski definition) is 1. The summed E-state index contributed by atoms with van der Waals surface area (Å²) in [5.41, 5.74) is 1.65. The molecule has 1 aromatic heterocycles. The number of nitrogens with zero attached hydrogens (tertiary/aromatic N) is 2. The summed E-state index contributed by atoms with van der Waals surface area (Å²) >= 11 is 5.58. The van der Waals surface area contributed by atoms with Crippen molar-refractivity contribution in [3.05, 3.63) is 24.3 Å². The topological polar surface area (TPSA) is 50.5 Å². The maximum absolute atomic E-state index is 5.89. The van der Waals surface area contributed by atoms with E-state index in [0.29, 0.717) is 31.8 Å². The number of fused-ring (bicyclic) bond motifs is 1.